The summed E-state index contributed by atoms with van der Waals surface area (Å²) in [4.78, 5) is 4.97. The lowest BCUT2D eigenvalue weighted by molar-refractivity contribution is -0.156. The molecule has 2 N–H and O–H groups in total. The first kappa shape index (κ1) is 26.1. The van der Waals surface area contributed by atoms with Gasteiger partial charge in [-0.2, -0.15) is 13.2 Å². The zero-order valence-electron chi connectivity index (χ0n) is 21.1. The summed E-state index contributed by atoms with van der Waals surface area (Å²) < 4.78 is 57.4. The molecule has 0 bridgehead atoms. The molecule has 3 aromatic rings. The predicted octanol–water partition coefficient (Wildman–Crippen LogP) is 4.24. The van der Waals surface area contributed by atoms with Gasteiger partial charge in [0.1, 0.15) is 5.82 Å². The molecule has 0 atom stereocenters. The molecule has 38 heavy (non-hydrogen) atoms. The largest absolute Gasteiger partial charge is 0.470 e. The van der Waals surface area contributed by atoms with Crippen LogP contribution in [-0.4, -0.2) is 57.2 Å². The molecule has 0 saturated carbocycles. The van der Waals surface area contributed by atoms with Crippen molar-refractivity contribution in [3.05, 3.63) is 77.1 Å². The lowest BCUT2D eigenvalue weighted by Gasteiger charge is -2.36. The Bertz CT molecular complexity index is 1280. The second kappa shape index (κ2) is 10.7. The Morgan fingerprint density at radius 1 is 0.947 bits per heavy atom. The molecule has 8 nitrogen and oxygen atoms in total. The second-order valence-corrected chi connectivity index (χ2v) is 9.73. The van der Waals surface area contributed by atoms with E-state index in [1.165, 1.54) is 17.7 Å². The van der Waals surface area contributed by atoms with Gasteiger partial charge in [0, 0.05) is 61.7 Å². The van der Waals surface area contributed by atoms with Crippen molar-refractivity contribution >= 4 is 5.70 Å². The number of hydrogen-bond acceptors (Lipinski definition) is 8. The van der Waals surface area contributed by atoms with Gasteiger partial charge < -0.3 is 9.84 Å². The SMILES string of the molecule is CC(C)N1CCN(Cc2ccc(C3=CN(Cc4ccc(-c5nnc(C(F)(F)F)o5)cc4F)NN3)cc2)CC1. The Labute approximate surface area is 217 Å². The minimum atomic E-state index is -4.76. The molecule has 2 aromatic carbocycles. The number of nitrogens with zero attached hydrogens (tertiary/aromatic N) is 5. The van der Waals surface area contributed by atoms with Gasteiger partial charge >= 0.3 is 12.1 Å². The van der Waals surface area contributed by atoms with Gasteiger partial charge in [0.05, 0.1) is 12.2 Å². The van der Waals surface area contributed by atoms with Crippen molar-refractivity contribution in [3.63, 3.8) is 0 Å². The molecular formula is C26H29F4N7O. The second-order valence-electron chi connectivity index (χ2n) is 9.73. The maximum Gasteiger partial charge on any atom is 0.470 e. The molecule has 2 aliphatic heterocycles. The number of alkyl halides is 3. The first-order valence-corrected chi connectivity index (χ1v) is 12.4. The maximum atomic E-state index is 14.7. The molecule has 1 saturated heterocycles. The summed E-state index contributed by atoms with van der Waals surface area (Å²) in [6.07, 6.45) is -2.92. The number of halogens is 4. The van der Waals surface area contributed by atoms with Crippen molar-refractivity contribution in [1.82, 2.24) is 36.0 Å². The summed E-state index contributed by atoms with van der Waals surface area (Å²) in [7, 11) is 0. The fourth-order valence-corrected chi connectivity index (χ4v) is 4.52. The fraction of sp³-hybridized carbons (Fsp3) is 0.385. The van der Waals surface area contributed by atoms with E-state index in [2.05, 4.69) is 73.5 Å². The van der Waals surface area contributed by atoms with Crippen LogP contribution in [-0.2, 0) is 19.3 Å². The van der Waals surface area contributed by atoms with E-state index >= 15 is 0 Å². The van der Waals surface area contributed by atoms with Gasteiger partial charge in [-0.25, -0.2) is 4.39 Å². The van der Waals surface area contributed by atoms with Crippen LogP contribution < -0.4 is 11.0 Å². The molecule has 0 spiro atoms. The van der Waals surface area contributed by atoms with E-state index in [9.17, 15) is 17.6 Å². The van der Waals surface area contributed by atoms with Crippen LogP contribution in [0.15, 0.2) is 53.1 Å². The molecule has 2 aliphatic rings. The third-order valence-corrected chi connectivity index (χ3v) is 6.74. The van der Waals surface area contributed by atoms with Gasteiger partial charge in [-0.05, 0) is 31.5 Å². The minimum Gasteiger partial charge on any atom is -0.413 e. The van der Waals surface area contributed by atoms with E-state index in [0.717, 1.165) is 50.1 Å². The third-order valence-electron chi connectivity index (χ3n) is 6.74. The smallest absolute Gasteiger partial charge is 0.413 e. The first-order chi connectivity index (χ1) is 18.2. The van der Waals surface area contributed by atoms with E-state index in [-0.39, 0.29) is 12.1 Å². The molecule has 0 amide bonds. The monoisotopic (exact) mass is 531 g/mol. The Morgan fingerprint density at radius 3 is 2.29 bits per heavy atom. The molecule has 5 rings (SSSR count). The van der Waals surface area contributed by atoms with Crippen molar-refractivity contribution in [2.75, 3.05) is 26.2 Å². The highest BCUT2D eigenvalue weighted by Crippen LogP contribution is 2.31. The fourth-order valence-electron chi connectivity index (χ4n) is 4.52. The minimum absolute atomic E-state index is 0.0693. The van der Waals surface area contributed by atoms with Crippen LogP contribution in [0, 0.1) is 5.82 Å². The summed E-state index contributed by atoms with van der Waals surface area (Å²) in [6, 6.07) is 12.9. The molecule has 3 heterocycles. The van der Waals surface area contributed by atoms with Crippen molar-refractivity contribution in [2.45, 2.75) is 39.2 Å². The average molecular weight is 532 g/mol. The third kappa shape index (κ3) is 5.98. The molecule has 0 radical (unpaired) electrons. The number of aromatic nitrogens is 2. The van der Waals surface area contributed by atoms with Crippen molar-refractivity contribution in [3.8, 4) is 11.5 Å². The predicted molar refractivity (Wildman–Crippen MR) is 133 cm³/mol. The molecule has 1 fully saturated rings. The quantitative estimate of drug-likeness (QED) is 0.439. The van der Waals surface area contributed by atoms with Crippen LogP contribution in [0.3, 0.4) is 0 Å². The van der Waals surface area contributed by atoms with E-state index in [1.54, 1.807) is 5.01 Å². The van der Waals surface area contributed by atoms with Crippen molar-refractivity contribution in [1.29, 1.82) is 0 Å². The van der Waals surface area contributed by atoms with Crippen LogP contribution >= 0.6 is 0 Å². The van der Waals surface area contributed by atoms with E-state index < -0.39 is 23.8 Å². The zero-order chi connectivity index (χ0) is 26.9. The highest BCUT2D eigenvalue weighted by atomic mass is 19.4. The summed E-state index contributed by atoms with van der Waals surface area (Å²) in [6.45, 7) is 9.87. The molecular weight excluding hydrogens is 502 g/mol. The van der Waals surface area contributed by atoms with Crippen LogP contribution in [0.4, 0.5) is 17.6 Å². The summed E-state index contributed by atoms with van der Waals surface area (Å²) in [5, 5.41) is 8.03. The van der Waals surface area contributed by atoms with Gasteiger partial charge in [-0.1, -0.05) is 30.3 Å². The number of rotatable bonds is 7. The molecule has 1 aromatic heterocycles. The lowest BCUT2D eigenvalue weighted by atomic mass is 10.1. The van der Waals surface area contributed by atoms with E-state index in [0.29, 0.717) is 11.6 Å². The molecule has 202 valence electrons. The lowest BCUT2D eigenvalue weighted by Crippen LogP contribution is -2.48. The number of hydrogen-bond donors (Lipinski definition) is 2. The first-order valence-electron chi connectivity index (χ1n) is 12.4. The van der Waals surface area contributed by atoms with Crippen LogP contribution in [0.25, 0.3) is 17.2 Å². The Balaban J connectivity index is 1.18. The van der Waals surface area contributed by atoms with E-state index in [4.69, 9.17) is 0 Å². The highest BCUT2D eigenvalue weighted by molar-refractivity contribution is 5.64. The van der Waals surface area contributed by atoms with Crippen LogP contribution in [0.5, 0.6) is 0 Å². The zero-order valence-corrected chi connectivity index (χ0v) is 21.1. The van der Waals surface area contributed by atoms with Crippen molar-refractivity contribution in [2.24, 2.45) is 0 Å². The molecule has 0 unspecified atom stereocenters. The van der Waals surface area contributed by atoms with Gasteiger partial charge in [0.15, 0.2) is 0 Å². The Hall–Kier alpha value is -3.48. The Morgan fingerprint density at radius 2 is 1.66 bits per heavy atom. The molecule has 0 aliphatic carbocycles. The molecule has 12 heteroatoms. The van der Waals surface area contributed by atoms with Crippen LogP contribution in [0.1, 0.15) is 36.4 Å². The summed E-state index contributed by atoms with van der Waals surface area (Å²) in [5.41, 5.74) is 9.56. The normalized spacial score (nSPS) is 17.2. The average Bonchev–Trinajstić information content (AvgIpc) is 3.57. The number of benzene rings is 2. The topological polar surface area (TPSA) is 72.7 Å². The van der Waals surface area contributed by atoms with E-state index in [1.807, 2.05) is 6.20 Å². The number of nitrogens with one attached hydrogen (secondary N) is 2. The standard InChI is InChI=1S/C26H29F4N7O/c1-17(2)36-11-9-35(10-12-36)14-18-3-5-19(6-4-18)23-16-37(34-31-23)15-21-8-7-20(13-22(21)27)24-32-33-25(38-24)26(28,29)30/h3-8,13,16-17,31,34H,9-12,14-15H2,1-2H3. The van der Waals surface area contributed by atoms with Gasteiger partial charge in [-0.15, -0.1) is 15.7 Å². The maximum absolute atomic E-state index is 14.7. The summed E-state index contributed by atoms with van der Waals surface area (Å²) in [5.74, 6) is -2.47. The van der Waals surface area contributed by atoms with Gasteiger partial charge in [0.2, 0.25) is 5.89 Å². The number of hydrazine groups is 2. The van der Waals surface area contributed by atoms with Gasteiger partial charge in [-0.3, -0.25) is 14.8 Å². The van der Waals surface area contributed by atoms with Crippen LogP contribution in [0.2, 0.25) is 0 Å². The number of piperazine rings is 1. The van der Waals surface area contributed by atoms with Crippen molar-refractivity contribution < 1.29 is 22.0 Å². The Kier molecular flexibility index (Phi) is 7.37. The highest BCUT2D eigenvalue weighted by Gasteiger charge is 2.38. The summed E-state index contributed by atoms with van der Waals surface area (Å²) >= 11 is 0. The van der Waals surface area contributed by atoms with Gasteiger partial charge in [0.25, 0.3) is 0 Å².